The summed E-state index contributed by atoms with van der Waals surface area (Å²) in [5, 5.41) is 15.4. The van der Waals surface area contributed by atoms with Gasteiger partial charge in [-0.1, -0.05) is 11.6 Å². The summed E-state index contributed by atoms with van der Waals surface area (Å²) >= 11 is 6.34. The third-order valence-electron chi connectivity index (χ3n) is 12.6. The number of pyridine rings is 1. The van der Waals surface area contributed by atoms with E-state index in [0.29, 0.717) is 31.6 Å². The fourth-order valence-corrected chi connectivity index (χ4v) is 10.9. The largest absolute Gasteiger partial charge is 0.489 e. The van der Waals surface area contributed by atoms with Crippen molar-refractivity contribution < 1.29 is 55.4 Å². The summed E-state index contributed by atoms with van der Waals surface area (Å²) in [6.45, 7) is 9.88. The van der Waals surface area contributed by atoms with Crippen molar-refractivity contribution in [3.05, 3.63) is 41.0 Å². The van der Waals surface area contributed by atoms with Crippen molar-refractivity contribution in [3.63, 3.8) is 0 Å². The van der Waals surface area contributed by atoms with Gasteiger partial charge in [-0.2, -0.15) is 4.31 Å². The van der Waals surface area contributed by atoms with Crippen molar-refractivity contribution in [2.45, 2.75) is 87.9 Å². The first-order valence-corrected chi connectivity index (χ1v) is 23.0. The number of nitrogens with zero attached hydrogens (tertiary/aromatic N) is 5. The number of carbonyl (C=O) groups is 3. The topological polar surface area (TPSA) is 180 Å². The molecule has 0 spiro atoms. The Balaban J connectivity index is 0.898. The van der Waals surface area contributed by atoms with Gasteiger partial charge in [0.15, 0.2) is 6.10 Å². The lowest BCUT2D eigenvalue weighted by Crippen LogP contribution is -2.53. The zero-order chi connectivity index (χ0) is 43.7. The van der Waals surface area contributed by atoms with Crippen molar-refractivity contribution in [2.24, 2.45) is 11.8 Å². The van der Waals surface area contributed by atoms with Crippen LogP contribution in [0.15, 0.2) is 35.2 Å². The van der Waals surface area contributed by atoms with Crippen LogP contribution in [0.5, 0.6) is 5.75 Å². The molecule has 4 aliphatic heterocycles. The molecule has 61 heavy (non-hydrogen) atoms. The number of benzene rings is 1. The summed E-state index contributed by atoms with van der Waals surface area (Å²) in [5.74, 6) is -4.30. The molecule has 0 bridgehead atoms. The van der Waals surface area contributed by atoms with Gasteiger partial charge in [0, 0.05) is 62.5 Å². The average molecular weight is 897 g/mol. The Morgan fingerprint density at radius 2 is 1.67 bits per heavy atom. The van der Waals surface area contributed by atoms with Gasteiger partial charge in [-0.05, 0) is 70.7 Å². The van der Waals surface area contributed by atoms with Crippen LogP contribution in [-0.4, -0.2) is 142 Å². The predicted octanol–water partition coefficient (Wildman–Crippen LogP) is 4.47. The number of aliphatic hydroxyl groups is 1. The Hall–Kier alpha value is -4.04. The van der Waals surface area contributed by atoms with E-state index < -0.39 is 51.8 Å². The van der Waals surface area contributed by atoms with Crippen LogP contribution >= 0.6 is 11.6 Å². The Bertz CT molecular complexity index is 2050. The summed E-state index contributed by atoms with van der Waals surface area (Å²) in [6, 6.07) is 6.21. The number of piperazine rings is 1. The molecule has 7 rings (SSSR count). The molecule has 2 atom stereocenters. The zero-order valence-corrected chi connectivity index (χ0v) is 36.5. The van der Waals surface area contributed by atoms with E-state index in [1.807, 2.05) is 20.8 Å². The number of anilines is 2. The number of sulfonamides is 1. The van der Waals surface area contributed by atoms with Crippen LogP contribution in [0, 0.1) is 11.8 Å². The fourth-order valence-electron chi connectivity index (χ4n) is 9.26. The number of nitrogens with one attached hydrogen (secondary N) is 2. The zero-order valence-electron chi connectivity index (χ0n) is 34.9. The van der Waals surface area contributed by atoms with Gasteiger partial charge in [0.25, 0.3) is 5.92 Å². The molecule has 0 unspecified atom stereocenters. The maximum absolute atomic E-state index is 16.2. The number of hydrogen-bond donors (Lipinski definition) is 3. The number of alkyl halides is 2. The highest BCUT2D eigenvalue weighted by Gasteiger charge is 2.47. The van der Waals surface area contributed by atoms with Crippen molar-refractivity contribution in [3.8, 4) is 5.75 Å². The summed E-state index contributed by atoms with van der Waals surface area (Å²) in [6.07, 6.45) is 1.29. The van der Waals surface area contributed by atoms with Crippen LogP contribution in [0.4, 0.5) is 29.9 Å². The van der Waals surface area contributed by atoms with Gasteiger partial charge in [-0.15, -0.1) is 0 Å². The fraction of sp³-hybridized carbons (Fsp3) is 0.659. The molecule has 5 aliphatic rings. The molecule has 1 aromatic carbocycles. The minimum Gasteiger partial charge on any atom is -0.489 e. The summed E-state index contributed by atoms with van der Waals surface area (Å²) < 4.78 is 78.4. The third kappa shape index (κ3) is 9.95. The van der Waals surface area contributed by atoms with Crippen LogP contribution in [0.3, 0.4) is 0 Å². The van der Waals surface area contributed by atoms with Crippen LogP contribution in [0.1, 0.15) is 64.9 Å². The number of likely N-dealkylation sites (tertiary alicyclic amines) is 1. The first-order valence-electron chi connectivity index (χ1n) is 21.2. The number of amides is 3. The van der Waals surface area contributed by atoms with Gasteiger partial charge in [0.05, 0.1) is 56.5 Å². The number of fused-ring (bicyclic) bond motifs is 3. The van der Waals surface area contributed by atoms with Gasteiger partial charge >= 0.3 is 12.2 Å². The van der Waals surface area contributed by atoms with Crippen molar-refractivity contribution in [1.29, 1.82) is 0 Å². The number of ether oxygens (including phenoxy) is 3. The quantitative estimate of drug-likeness (QED) is 0.191. The van der Waals surface area contributed by atoms with Crippen LogP contribution in [0.2, 0.25) is 5.15 Å². The number of rotatable bonds is 13. The number of alkyl carbamates (subject to hydrolysis) is 1. The number of quaternary nitrogens is 1. The smallest absolute Gasteiger partial charge is 0.415 e. The summed E-state index contributed by atoms with van der Waals surface area (Å²) in [4.78, 5) is 45.2. The number of halogens is 3. The second kappa shape index (κ2) is 18.0. The van der Waals surface area contributed by atoms with E-state index >= 15 is 8.78 Å². The number of aliphatic hydroxyl groups excluding tert-OH is 1. The second-order valence-corrected chi connectivity index (χ2v) is 20.1. The molecule has 0 radical (unpaired) electrons. The minimum atomic E-state index is -4.00. The van der Waals surface area contributed by atoms with Gasteiger partial charge in [0.2, 0.25) is 15.9 Å². The van der Waals surface area contributed by atoms with E-state index in [0.717, 1.165) is 43.5 Å². The SMILES string of the molecule is CC(C)(C)OC(=O)NCC[N+]1(CCNC(=O)C2CCC(C(F)(F)c3cc(Cl)nc(N4CCN(S(=O)(=O)c5ccc6c(c5)OC[C@H]5[C@H](CO)OC(=O)N65)CC4)c3)CC2)CCCC1. The highest BCUT2D eigenvalue weighted by molar-refractivity contribution is 7.89. The average Bonchev–Trinajstić information content (AvgIpc) is 3.83. The molecule has 4 fully saturated rings. The Morgan fingerprint density at radius 1 is 1.00 bits per heavy atom. The Morgan fingerprint density at radius 3 is 2.33 bits per heavy atom. The molecule has 5 heterocycles. The van der Waals surface area contributed by atoms with Gasteiger partial charge < -0.3 is 39.3 Å². The molecule has 1 aliphatic carbocycles. The molecule has 16 nitrogen and oxygen atoms in total. The molecular formula is C41H57ClF2N7O9S+. The van der Waals surface area contributed by atoms with Gasteiger partial charge in [-0.25, -0.2) is 31.8 Å². The van der Waals surface area contributed by atoms with E-state index in [2.05, 4.69) is 15.6 Å². The van der Waals surface area contributed by atoms with Crippen LogP contribution in [-0.2, 0) is 30.2 Å². The lowest BCUT2D eigenvalue weighted by atomic mass is 9.77. The molecule has 1 aromatic heterocycles. The van der Waals surface area contributed by atoms with Crippen molar-refractivity contribution in [2.75, 3.05) is 88.5 Å². The first-order chi connectivity index (χ1) is 28.9. The lowest BCUT2D eigenvalue weighted by molar-refractivity contribution is -0.914. The molecule has 20 heteroatoms. The number of cyclic esters (lactones) is 1. The van der Waals surface area contributed by atoms with Crippen molar-refractivity contribution in [1.82, 2.24) is 19.9 Å². The summed E-state index contributed by atoms with van der Waals surface area (Å²) in [5.41, 5.74) is -0.497. The van der Waals surface area contributed by atoms with E-state index in [1.54, 1.807) is 4.90 Å². The van der Waals surface area contributed by atoms with Crippen LogP contribution < -0.4 is 25.2 Å². The molecule has 1 saturated carbocycles. The highest BCUT2D eigenvalue weighted by atomic mass is 35.5. The molecular weight excluding hydrogens is 840 g/mol. The van der Waals surface area contributed by atoms with E-state index in [-0.39, 0.29) is 91.2 Å². The predicted molar refractivity (Wildman–Crippen MR) is 221 cm³/mol. The maximum atomic E-state index is 16.2. The Labute approximate surface area is 360 Å². The first kappa shape index (κ1) is 45.0. The molecule has 3 N–H and O–H groups in total. The third-order valence-corrected chi connectivity index (χ3v) is 14.7. The number of hydrogen-bond acceptors (Lipinski definition) is 11. The normalized spacial score (nSPS) is 24.3. The molecule has 2 aromatic rings. The second-order valence-electron chi connectivity index (χ2n) is 17.7. The Kier molecular flexibility index (Phi) is 13.3. The monoisotopic (exact) mass is 896 g/mol. The molecule has 3 saturated heterocycles. The minimum absolute atomic E-state index is 0.0273. The van der Waals surface area contributed by atoms with E-state index in [4.69, 9.17) is 25.8 Å². The van der Waals surface area contributed by atoms with Crippen LogP contribution in [0.25, 0.3) is 0 Å². The standard InChI is InChI=1S/C41H56ClF2N7O9S/c1-40(2,3)60-38(54)46-13-21-51(18-4-5-19-51)20-12-45-37(53)27-6-8-28(9-7-27)41(43,44)29-22-35(42)47-36(23-29)48-14-16-49(17-15-48)61(56,57)30-10-11-31-33(24-30)58-26-32-34(25-52)59-39(55)50(31)32/h10-11,22-24,27-28,32,34,52H,4-9,12-21,25-26H2,1-3H3,(H-,45,46,53,54)/p+1/t27?,28?,32-,34-/m0/s1. The lowest BCUT2D eigenvalue weighted by Gasteiger charge is -2.36. The molecule has 336 valence electrons. The summed E-state index contributed by atoms with van der Waals surface area (Å²) in [7, 11) is -4.00. The van der Waals surface area contributed by atoms with Gasteiger partial charge in [0.1, 0.15) is 35.0 Å². The van der Waals surface area contributed by atoms with E-state index in [9.17, 15) is 27.9 Å². The number of aromatic nitrogens is 1. The maximum Gasteiger partial charge on any atom is 0.415 e. The molecule has 3 amide bonds. The van der Waals surface area contributed by atoms with Gasteiger partial charge in [-0.3, -0.25) is 9.69 Å². The highest BCUT2D eigenvalue weighted by Crippen LogP contribution is 2.46. The van der Waals surface area contributed by atoms with Crippen molar-refractivity contribution >= 4 is 51.2 Å². The number of carbonyl (C=O) groups excluding carboxylic acids is 3. The van der Waals surface area contributed by atoms with E-state index in [1.165, 1.54) is 39.5 Å².